The van der Waals surface area contributed by atoms with Gasteiger partial charge in [-0.1, -0.05) is 11.6 Å². The topological polar surface area (TPSA) is 36.8 Å². The molecule has 1 N–H and O–H groups in total. The number of nitrogens with zero attached hydrogens (tertiary/aromatic N) is 2. The first-order valence-corrected chi connectivity index (χ1v) is 7.88. The van der Waals surface area contributed by atoms with Crippen molar-refractivity contribution >= 4 is 23.0 Å². The monoisotopic (exact) mass is 303 g/mol. The van der Waals surface area contributed by atoms with Crippen molar-refractivity contribution in [2.45, 2.75) is 18.9 Å². The Kier molecular flexibility index (Phi) is 3.16. The molecule has 110 valence electrons. The third-order valence-corrected chi connectivity index (χ3v) is 5.17. The molecule has 2 bridgehead atoms. The fraction of sp³-hybridized carbons (Fsp3) is 0.438. The summed E-state index contributed by atoms with van der Waals surface area (Å²) in [7, 11) is 0. The lowest BCUT2D eigenvalue weighted by atomic mass is 9.84. The molecule has 1 amide bonds. The lowest BCUT2D eigenvalue weighted by molar-refractivity contribution is 0.0620. The Balaban J connectivity index is 1.54. The van der Waals surface area contributed by atoms with Gasteiger partial charge in [0.05, 0.1) is 10.5 Å². The summed E-state index contributed by atoms with van der Waals surface area (Å²) in [5.41, 5.74) is 1.55. The van der Waals surface area contributed by atoms with Gasteiger partial charge in [0, 0.05) is 30.5 Å². The van der Waals surface area contributed by atoms with Crippen molar-refractivity contribution in [2.75, 3.05) is 19.6 Å². The van der Waals surface area contributed by atoms with Crippen LogP contribution in [0.4, 0.5) is 0 Å². The van der Waals surface area contributed by atoms with E-state index >= 15 is 0 Å². The lowest BCUT2D eigenvalue weighted by Gasteiger charge is -2.44. The van der Waals surface area contributed by atoms with Crippen molar-refractivity contribution < 1.29 is 4.79 Å². The normalized spacial score (nSPS) is 28.0. The molecular formula is C16H18ClN3O. The van der Waals surface area contributed by atoms with Crippen molar-refractivity contribution in [1.29, 1.82) is 0 Å². The second-order valence-electron chi connectivity index (χ2n) is 6.09. The molecule has 3 aliphatic rings. The van der Waals surface area contributed by atoms with E-state index in [1.165, 1.54) is 25.9 Å². The van der Waals surface area contributed by atoms with Gasteiger partial charge in [0.2, 0.25) is 0 Å². The van der Waals surface area contributed by atoms with E-state index < -0.39 is 0 Å². The molecule has 3 aliphatic heterocycles. The predicted octanol–water partition coefficient (Wildman–Crippen LogP) is 2.42. The summed E-state index contributed by atoms with van der Waals surface area (Å²) in [5, 5.41) is 3.88. The van der Waals surface area contributed by atoms with Gasteiger partial charge in [0.25, 0.3) is 5.91 Å². The van der Waals surface area contributed by atoms with Crippen LogP contribution in [0.25, 0.3) is 5.52 Å². The predicted molar refractivity (Wildman–Crippen MR) is 82.8 cm³/mol. The Hall–Kier alpha value is -1.52. The van der Waals surface area contributed by atoms with Gasteiger partial charge in [-0.2, -0.15) is 0 Å². The Bertz CT molecular complexity index is 688. The maximum atomic E-state index is 12.5. The van der Waals surface area contributed by atoms with Crippen LogP contribution in [-0.4, -0.2) is 40.9 Å². The van der Waals surface area contributed by atoms with E-state index in [2.05, 4.69) is 10.2 Å². The van der Waals surface area contributed by atoms with Crippen LogP contribution in [0, 0.1) is 5.92 Å². The van der Waals surface area contributed by atoms with Crippen molar-refractivity contribution in [3.8, 4) is 0 Å². The number of hydrogen-bond acceptors (Lipinski definition) is 2. The van der Waals surface area contributed by atoms with Gasteiger partial charge in [-0.3, -0.25) is 4.79 Å². The highest BCUT2D eigenvalue weighted by atomic mass is 35.5. The largest absolute Gasteiger partial charge is 0.348 e. The minimum Gasteiger partial charge on any atom is -0.348 e. The molecule has 4 nitrogen and oxygen atoms in total. The van der Waals surface area contributed by atoms with Crippen LogP contribution < -0.4 is 5.32 Å². The highest BCUT2D eigenvalue weighted by molar-refractivity contribution is 6.34. The third kappa shape index (κ3) is 2.32. The van der Waals surface area contributed by atoms with E-state index in [4.69, 9.17) is 11.6 Å². The number of amides is 1. The third-order valence-electron chi connectivity index (χ3n) is 4.85. The molecule has 0 aliphatic carbocycles. The fourth-order valence-corrected chi connectivity index (χ4v) is 3.79. The van der Waals surface area contributed by atoms with E-state index in [1.54, 1.807) is 0 Å². The molecule has 2 aromatic rings. The number of halogens is 1. The first kappa shape index (κ1) is 13.2. The van der Waals surface area contributed by atoms with Gasteiger partial charge >= 0.3 is 0 Å². The molecule has 0 spiro atoms. The molecule has 1 atom stereocenters. The minimum atomic E-state index is 0.00789. The van der Waals surface area contributed by atoms with Gasteiger partial charge in [-0.25, -0.2) is 0 Å². The molecule has 0 saturated carbocycles. The summed E-state index contributed by atoms with van der Waals surface area (Å²) in [6.45, 7) is 3.36. The van der Waals surface area contributed by atoms with Crippen LogP contribution in [-0.2, 0) is 0 Å². The van der Waals surface area contributed by atoms with Crippen LogP contribution in [0.1, 0.15) is 23.2 Å². The molecule has 21 heavy (non-hydrogen) atoms. The van der Waals surface area contributed by atoms with Crippen LogP contribution in [0.2, 0.25) is 5.02 Å². The molecule has 2 aromatic heterocycles. The second kappa shape index (κ2) is 5.04. The number of rotatable bonds is 2. The van der Waals surface area contributed by atoms with Crippen molar-refractivity contribution in [1.82, 2.24) is 14.6 Å². The summed E-state index contributed by atoms with van der Waals surface area (Å²) in [5.74, 6) is 0.646. The zero-order chi connectivity index (χ0) is 14.4. The Morgan fingerprint density at radius 3 is 2.71 bits per heavy atom. The molecule has 1 unspecified atom stereocenters. The van der Waals surface area contributed by atoms with Gasteiger partial charge < -0.3 is 14.6 Å². The molecule has 5 rings (SSSR count). The number of carbonyl (C=O) groups is 1. The minimum absolute atomic E-state index is 0.00789. The van der Waals surface area contributed by atoms with Gasteiger partial charge in [-0.05, 0) is 50.0 Å². The molecule has 3 saturated heterocycles. The van der Waals surface area contributed by atoms with Gasteiger partial charge in [0.1, 0.15) is 0 Å². The van der Waals surface area contributed by atoms with Crippen LogP contribution in [0.5, 0.6) is 0 Å². The van der Waals surface area contributed by atoms with Crippen LogP contribution in [0.15, 0.2) is 30.6 Å². The summed E-state index contributed by atoms with van der Waals surface area (Å²) >= 11 is 6.13. The van der Waals surface area contributed by atoms with E-state index in [-0.39, 0.29) is 5.91 Å². The van der Waals surface area contributed by atoms with E-state index in [0.29, 0.717) is 22.5 Å². The standard InChI is InChI=1S/C16H18ClN3O/c17-13-4-8-20-7-3-12(9-15(13)20)16(21)18-14-10-19-5-1-11(14)2-6-19/h3-4,7-9,11,14H,1-2,5-6,10H2,(H,18,21). The molecule has 3 fully saturated rings. The number of aromatic nitrogens is 1. The molecule has 0 aromatic carbocycles. The zero-order valence-electron chi connectivity index (χ0n) is 11.8. The van der Waals surface area contributed by atoms with E-state index in [9.17, 15) is 4.79 Å². The van der Waals surface area contributed by atoms with Crippen LogP contribution >= 0.6 is 11.6 Å². The average Bonchev–Trinajstić information content (AvgIpc) is 2.89. The number of fused-ring (bicyclic) bond motifs is 4. The highest BCUT2D eigenvalue weighted by Crippen LogP contribution is 2.27. The summed E-state index contributed by atoms with van der Waals surface area (Å²) in [6.07, 6.45) is 6.18. The van der Waals surface area contributed by atoms with Crippen LogP contribution in [0.3, 0.4) is 0 Å². The van der Waals surface area contributed by atoms with E-state index in [0.717, 1.165) is 12.1 Å². The average molecular weight is 304 g/mol. The summed E-state index contributed by atoms with van der Waals surface area (Å²) < 4.78 is 1.92. The molecule has 0 radical (unpaired) electrons. The second-order valence-corrected chi connectivity index (χ2v) is 6.50. The smallest absolute Gasteiger partial charge is 0.251 e. The summed E-state index contributed by atoms with van der Waals surface area (Å²) in [6, 6.07) is 5.84. The lowest BCUT2D eigenvalue weighted by Crippen LogP contribution is -2.57. The quantitative estimate of drug-likeness (QED) is 0.925. The SMILES string of the molecule is O=C(NC1CN2CCC1CC2)c1ccn2ccc(Cl)c2c1. The first-order chi connectivity index (χ1) is 10.2. The van der Waals surface area contributed by atoms with E-state index in [1.807, 2.05) is 35.0 Å². The number of carbonyl (C=O) groups excluding carboxylic acids is 1. The maximum Gasteiger partial charge on any atom is 0.251 e. The Morgan fingerprint density at radius 2 is 2.00 bits per heavy atom. The van der Waals surface area contributed by atoms with Crippen molar-refractivity contribution in [3.63, 3.8) is 0 Å². The number of piperidine rings is 3. The molecule has 5 heterocycles. The number of hydrogen-bond donors (Lipinski definition) is 1. The van der Waals surface area contributed by atoms with Gasteiger partial charge in [-0.15, -0.1) is 0 Å². The number of pyridine rings is 1. The Labute approximate surface area is 128 Å². The summed E-state index contributed by atoms with van der Waals surface area (Å²) in [4.78, 5) is 14.9. The van der Waals surface area contributed by atoms with Gasteiger partial charge in [0.15, 0.2) is 0 Å². The zero-order valence-corrected chi connectivity index (χ0v) is 12.5. The Morgan fingerprint density at radius 1 is 1.24 bits per heavy atom. The highest BCUT2D eigenvalue weighted by Gasteiger charge is 2.34. The fourth-order valence-electron chi connectivity index (χ4n) is 3.59. The number of nitrogens with one attached hydrogen (secondary N) is 1. The first-order valence-electron chi connectivity index (χ1n) is 7.50. The maximum absolute atomic E-state index is 12.5. The molecule has 5 heteroatoms. The van der Waals surface area contributed by atoms with Crippen molar-refractivity contribution in [3.05, 3.63) is 41.2 Å². The molecular weight excluding hydrogens is 286 g/mol. The van der Waals surface area contributed by atoms with Crippen molar-refractivity contribution in [2.24, 2.45) is 5.92 Å².